The standard InChI is InChI=1S/C11H20N2O4S/c1-3-4-9(8-16-2)13-18(14,15)11-6-5-10(7-12)17-11/h5-6,9,13H,3-4,7-8,12H2,1-2H3. The van der Waals surface area contributed by atoms with E-state index in [2.05, 4.69) is 4.72 Å². The predicted octanol–water partition coefficient (Wildman–Crippen LogP) is 0.832. The van der Waals surface area contributed by atoms with Crippen LogP contribution in [-0.2, 0) is 21.3 Å². The highest BCUT2D eigenvalue weighted by Crippen LogP contribution is 2.14. The summed E-state index contributed by atoms with van der Waals surface area (Å²) in [7, 11) is -2.11. The van der Waals surface area contributed by atoms with Gasteiger partial charge in [0.2, 0.25) is 5.09 Å². The number of hydrogen-bond donors (Lipinski definition) is 2. The van der Waals surface area contributed by atoms with E-state index in [0.717, 1.165) is 6.42 Å². The highest BCUT2D eigenvalue weighted by Gasteiger charge is 2.22. The van der Waals surface area contributed by atoms with Gasteiger partial charge in [-0.25, -0.2) is 13.1 Å². The van der Waals surface area contributed by atoms with E-state index in [1.54, 1.807) is 6.07 Å². The van der Waals surface area contributed by atoms with Gasteiger partial charge in [-0.05, 0) is 18.6 Å². The van der Waals surface area contributed by atoms with E-state index < -0.39 is 10.0 Å². The molecule has 0 amide bonds. The van der Waals surface area contributed by atoms with E-state index in [9.17, 15) is 8.42 Å². The molecule has 0 aliphatic heterocycles. The van der Waals surface area contributed by atoms with E-state index in [4.69, 9.17) is 14.9 Å². The van der Waals surface area contributed by atoms with Crippen molar-refractivity contribution in [3.8, 4) is 0 Å². The Morgan fingerprint density at radius 3 is 2.72 bits per heavy atom. The van der Waals surface area contributed by atoms with Gasteiger partial charge in [-0.1, -0.05) is 13.3 Å². The van der Waals surface area contributed by atoms with Crippen LogP contribution in [0.5, 0.6) is 0 Å². The number of nitrogens with two attached hydrogens (primary N) is 1. The molecule has 1 aromatic rings. The molecule has 1 heterocycles. The van der Waals surface area contributed by atoms with Crippen LogP contribution in [-0.4, -0.2) is 28.2 Å². The Hall–Kier alpha value is -0.890. The van der Waals surface area contributed by atoms with Gasteiger partial charge in [-0.15, -0.1) is 0 Å². The third-order valence-electron chi connectivity index (χ3n) is 2.43. The average Bonchev–Trinajstić information content (AvgIpc) is 2.78. The van der Waals surface area contributed by atoms with Crippen molar-refractivity contribution in [1.29, 1.82) is 0 Å². The fraction of sp³-hybridized carbons (Fsp3) is 0.636. The summed E-state index contributed by atoms with van der Waals surface area (Å²) in [6, 6.07) is 2.71. The second-order valence-corrected chi connectivity index (χ2v) is 5.63. The maximum atomic E-state index is 12.0. The Kier molecular flexibility index (Phi) is 5.80. The maximum absolute atomic E-state index is 12.0. The highest BCUT2D eigenvalue weighted by atomic mass is 32.2. The quantitative estimate of drug-likeness (QED) is 0.733. The molecule has 6 nitrogen and oxygen atoms in total. The second-order valence-electron chi connectivity index (χ2n) is 3.99. The van der Waals surface area contributed by atoms with Gasteiger partial charge in [-0.2, -0.15) is 0 Å². The SMILES string of the molecule is CCCC(COC)NS(=O)(=O)c1ccc(CN)o1. The summed E-state index contributed by atoms with van der Waals surface area (Å²) in [5.41, 5.74) is 5.37. The monoisotopic (exact) mass is 276 g/mol. The molecule has 1 atom stereocenters. The summed E-state index contributed by atoms with van der Waals surface area (Å²) in [5.74, 6) is 0.439. The zero-order chi connectivity index (χ0) is 13.6. The summed E-state index contributed by atoms with van der Waals surface area (Å²) in [6.45, 7) is 2.49. The van der Waals surface area contributed by atoms with E-state index in [0.29, 0.717) is 18.8 Å². The van der Waals surface area contributed by atoms with Gasteiger partial charge in [0.05, 0.1) is 13.2 Å². The molecule has 0 radical (unpaired) electrons. The highest BCUT2D eigenvalue weighted by molar-refractivity contribution is 7.89. The Bertz CT molecular complexity index is 449. The van der Waals surface area contributed by atoms with Crippen LogP contribution in [0.15, 0.2) is 21.6 Å². The first-order valence-corrected chi connectivity index (χ1v) is 7.31. The van der Waals surface area contributed by atoms with Crippen molar-refractivity contribution in [2.45, 2.75) is 37.4 Å². The molecule has 1 unspecified atom stereocenters. The number of sulfonamides is 1. The lowest BCUT2D eigenvalue weighted by molar-refractivity contribution is 0.170. The molecule has 1 rings (SSSR count). The lowest BCUT2D eigenvalue weighted by atomic mass is 10.2. The topological polar surface area (TPSA) is 94.6 Å². The van der Waals surface area contributed by atoms with Gasteiger partial charge in [0, 0.05) is 13.2 Å². The molecular formula is C11H20N2O4S. The summed E-state index contributed by atoms with van der Waals surface area (Å²) in [4.78, 5) is 0. The predicted molar refractivity (Wildman–Crippen MR) is 67.5 cm³/mol. The molecule has 0 fully saturated rings. The first kappa shape index (κ1) is 15.2. The number of furan rings is 1. The van der Waals surface area contributed by atoms with Crippen LogP contribution in [0, 0.1) is 0 Å². The molecule has 3 N–H and O–H groups in total. The average molecular weight is 276 g/mol. The maximum Gasteiger partial charge on any atom is 0.274 e. The first-order chi connectivity index (χ1) is 8.53. The molecule has 18 heavy (non-hydrogen) atoms. The van der Waals surface area contributed by atoms with Crippen molar-refractivity contribution < 1.29 is 17.6 Å². The molecule has 0 aromatic carbocycles. The van der Waals surface area contributed by atoms with Gasteiger partial charge in [0.1, 0.15) is 5.76 Å². The summed E-state index contributed by atoms with van der Waals surface area (Å²) in [6.07, 6.45) is 1.57. The Morgan fingerprint density at radius 1 is 1.50 bits per heavy atom. The van der Waals surface area contributed by atoms with Crippen LogP contribution < -0.4 is 10.5 Å². The van der Waals surface area contributed by atoms with Crippen molar-refractivity contribution in [3.05, 3.63) is 17.9 Å². The molecule has 104 valence electrons. The number of hydrogen-bond acceptors (Lipinski definition) is 5. The largest absolute Gasteiger partial charge is 0.447 e. The molecule has 0 spiro atoms. The van der Waals surface area contributed by atoms with E-state index in [1.165, 1.54) is 13.2 Å². The van der Waals surface area contributed by atoms with Crippen molar-refractivity contribution >= 4 is 10.0 Å². The second kappa shape index (κ2) is 6.89. The van der Waals surface area contributed by atoms with Crippen molar-refractivity contribution in [1.82, 2.24) is 4.72 Å². The van der Waals surface area contributed by atoms with Crippen LogP contribution in [0.3, 0.4) is 0 Å². The van der Waals surface area contributed by atoms with Crippen LogP contribution in [0.4, 0.5) is 0 Å². The zero-order valence-corrected chi connectivity index (χ0v) is 11.5. The van der Waals surface area contributed by atoms with Gasteiger partial charge < -0.3 is 14.9 Å². The normalized spacial score (nSPS) is 13.7. The number of ether oxygens (including phenoxy) is 1. The minimum atomic E-state index is -3.65. The third-order valence-corrected chi connectivity index (χ3v) is 3.82. The van der Waals surface area contributed by atoms with Gasteiger partial charge >= 0.3 is 0 Å². The van der Waals surface area contributed by atoms with Crippen LogP contribution in [0.1, 0.15) is 25.5 Å². The molecule has 0 saturated carbocycles. The van der Waals surface area contributed by atoms with Crippen molar-refractivity contribution in [2.24, 2.45) is 5.73 Å². The fourth-order valence-electron chi connectivity index (χ4n) is 1.62. The van der Waals surface area contributed by atoms with Crippen molar-refractivity contribution in [3.63, 3.8) is 0 Å². The lowest BCUT2D eigenvalue weighted by Crippen LogP contribution is -2.37. The summed E-state index contributed by atoms with van der Waals surface area (Å²) < 4.78 is 36.7. The Morgan fingerprint density at radius 2 is 2.22 bits per heavy atom. The molecular weight excluding hydrogens is 256 g/mol. The Balaban J connectivity index is 2.78. The molecule has 0 aliphatic rings. The summed E-state index contributed by atoms with van der Waals surface area (Å²) in [5, 5.41) is -0.111. The molecule has 0 aliphatic carbocycles. The smallest absolute Gasteiger partial charge is 0.274 e. The molecule has 7 heteroatoms. The third kappa shape index (κ3) is 4.09. The number of methoxy groups -OCH3 is 1. The molecule has 1 aromatic heterocycles. The number of nitrogens with one attached hydrogen (secondary N) is 1. The van der Waals surface area contributed by atoms with Crippen molar-refractivity contribution in [2.75, 3.05) is 13.7 Å². The molecule has 0 saturated heterocycles. The van der Waals surface area contributed by atoms with Crippen LogP contribution in [0.2, 0.25) is 0 Å². The number of rotatable bonds is 8. The van der Waals surface area contributed by atoms with E-state index in [-0.39, 0.29) is 17.7 Å². The van der Waals surface area contributed by atoms with E-state index >= 15 is 0 Å². The van der Waals surface area contributed by atoms with E-state index in [1.807, 2.05) is 6.92 Å². The molecule has 0 bridgehead atoms. The van der Waals surface area contributed by atoms with Gasteiger partial charge in [0.15, 0.2) is 0 Å². The first-order valence-electron chi connectivity index (χ1n) is 5.83. The van der Waals surface area contributed by atoms with Crippen LogP contribution >= 0.6 is 0 Å². The van der Waals surface area contributed by atoms with Gasteiger partial charge in [0.25, 0.3) is 10.0 Å². The fourth-order valence-corrected chi connectivity index (χ4v) is 2.82. The zero-order valence-electron chi connectivity index (χ0n) is 10.7. The Labute approximate surface area is 108 Å². The van der Waals surface area contributed by atoms with Gasteiger partial charge in [-0.3, -0.25) is 0 Å². The summed E-state index contributed by atoms with van der Waals surface area (Å²) >= 11 is 0. The van der Waals surface area contributed by atoms with Crippen LogP contribution in [0.25, 0.3) is 0 Å². The minimum absolute atomic E-state index is 0.111. The minimum Gasteiger partial charge on any atom is -0.447 e. The lowest BCUT2D eigenvalue weighted by Gasteiger charge is -2.16.